The highest BCUT2D eigenvalue weighted by Crippen LogP contribution is 2.30. The predicted octanol–water partition coefficient (Wildman–Crippen LogP) is 4.73. The second kappa shape index (κ2) is 7.72. The molecule has 0 spiro atoms. The van der Waals surface area contributed by atoms with E-state index in [0.717, 1.165) is 16.9 Å². The summed E-state index contributed by atoms with van der Waals surface area (Å²) < 4.78 is 11.0. The second-order valence-corrected chi connectivity index (χ2v) is 5.46. The van der Waals surface area contributed by atoms with Gasteiger partial charge in [-0.3, -0.25) is 0 Å². The molecule has 0 fully saturated rings. The zero-order chi connectivity index (χ0) is 15.9. The van der Waals surface area contributed by atoms with Crippen LogP contribution in [0.15, 0.2) is 42.5 Å². The van der Waals surface area contributed by atoms with E-state index in [1.54, 1.807) is 19.2 Å². The molecule has 0 N–H and O–H groups in total. The molecule has 0 aliphatic carbocycles. The Morgan fingerprint density at radius 1 is 1.23 bits per heavy atom. The summed E-state index contributed by atoms with van der Waals surface area (Å²) in [5.74, 6) is 1.18. The van der Waals surface area contributed by atoms with Crippen LogP contribution in [0.3, 0.4) is 0 Å². The van der Waals surface area contributed by atoms with E-state index in [1.165, 1.54) is 0 Å². The molecule has 2 rings (SSSR count). The van der Waals surface area contributed by atoms with Gasteiger partial charge >= 0.3 is 0 Å². The molecule has 0 saturated heterocycles. The lowest BCUT2D eigenvalue weighted by Gasteiger charge is -2.15. The molecular formula is C18H18ClNO2. The number of nitrogens with zero attached hydrogens (tertiary/aromatic N) is 1. The zero-order valence-electron chi connectivity index (χ0n) is 12.7. The molecule has 0 saturated carbocycles. The molecule has 0 aliphatic heterocycles. The predicted molar refractivity (Wildman–Crippen MR) is 87.6 cm³/mol. The summed E-state index contributed by atoms with van der Waals surface area (Å²) in [6.45, 7) is 2.44. The molecule has 2 aromatic rings. The van der Waals surface area contributed by atoms with E-state index in [0.29, 0.717) is 23.8 Å². The number of benzene rings is 2. The van der Waals surface area contributed by atoms with Crippen LogP contribution >= 0.6 is 11.6 Å². The molecule has 22 heavy (non-hydrogen) atoms. The Labute approximate surface area is 136 Å². The summed E-state index contributed by atoms with van der Waals surface area (Å²) in [7, 11) is 1.62. The number of nitriles is 1. The van der Waals surface area contributed by atoms with Crippen LogP contribution in [-0.4, -0.2) is 13.7 Å². The molecule has 0 radical (unpaired) electrons. The minimum atomic E-state index is -0.269. The highest BCUT2D eigenvalue weighted by atomic mass is 35.5. The average Bonchev–Trinajstić information content (AvgIpc) is 2.52. The first kappa shape index (κ1) is 16.2. The Balaban J connectivity index is 2.04. The summed E-state index contributed by atoms with van der Waals surface area (Å²) in [5, 5.41) is 10.1. The number of ether oxygens (including phenoxy) is 2. The van der Waals surface area contributed by atoms with Gasteiger partial charge in [-0.15, -0.1) is 0 Å². The molecule has 114 valence electrons. The fourth-order valence-electron chi connectivity index (χ4n) is 2.27. The third-order valence-electron chi connectivity index (χ3n) is 3.39. The third-order valence-corrected chi connectivity index (χ3v) is 3.62. The van der Waals surface area contributed by atoms with Gasteiger partial charge in [-0.2, -0.15) is 5.26 Å². The molecule has 3 nitrogen and oxygen atoms in total. The molecule has 0 heterocycles. The van der Waals surface area contributed by atoms with Crippen molar-refractivity contribution in [2.45, 2.75) is 19.3 Å². The highest BCUT2D eigenvalue weighted by molar-refractivity contribution is 6.30. The molecule has 1 unspecified atom stereocenters. The van der Waals surface area contributed by atoms with Crippen LogP contribution in [0.25, 0.3) is 0 Å². The maximum Gasteiger partial charge on any atom is 0.123 e. The molecular weight excluding hydrogens is 298 g/mol. The van der Waals surface area contributed by atoms with E-state index in [2.05, 4.69) is 6.07 Å². The fraction of sp³-hybridized carbons (Fsp3) is 0.278. The number of rotatable bonds is 6. The summed E-state index contributed by atoms with van der Waals surface area (Å²) in [6, 6.07) is 15.4. The monoisotopic (exact) mass is 315 g/mol. The topological polar surface area (TPSA) is 42.2 Å². The standard InChI is InChI=1S/C18H18ClNO2/c1-13-6-7-18(21-2)17(10-13)14(12-20)8-9-22-16-5-3-4-15(19)11-16/h3-7,10-11,14H,8-9H2,1-2H3. The second-order valence-electron chi connectivity index (χ2n) is 5.02. The van der Waals surface area contributed by atoms with Crippen molar-refractivity contribution < 1.29 is 9.47 Å². The van der Waals surface area contributed by atoms with Crippen LogP contribution in [0.2, 0.25) is 5.02 Å². The van der Waals surface area contributed by atoms with Crippen molar-refractivity contribution in [2.75, 3.05) is 13.7 Å². The number of halogens is 1. The number of aryl methyl sites for hydroxylation is 1. The van der Waals surface area contributed by atoms with Crippen molar-refractivity contribution in [1.29, 1.82) is 5.26 Å². The normalized spacial score (nSPS) is 11.5. The van der Waals surface area contributed by atoms with Crippen LogP contribution < -0.4 is 9.47 Å². The Kier molecular flexibility index (Phi) is 5.68. The lowest BCUT2D eigenvalue weighted by atomic mass is 9.95. The van der Waals surface area contributed by atoms with Crippen LogP contribution in [0.5, 0.6) is 11.5 Å². The first-order valence-corrected chi connectivity index (χ1v) is 7.44. The number of methoxy groups -OCH3 is 1. The van der Waals surface area contributed by atoms with E-state index in [-0.39, 0.29) is 5.92 Å². The van der Waals surface area contributed by atoms with Gasteiger partial charge in [-0.05, 0) is 31.2 Å². The summed E-state index contributed by atoms with van der Waals surface area (Å²) >= 11 is 5.92. The summed E-state index contributed by atoms with van der Waals surface area (Å²) in [6.07, 6.45) is 0.586. The molecule has 1 atom stereocenters. The van der Waals surface area contributed by atoms with Crippen LogP contribution in [0.1, 0.15) is 23.5 Å². The third kappa shape index (κ3) is 4.16. The van der Waals surface area contributed by atoms with Crippen LogP contribution in [0.4, 0.5) is 0 Å². The first-order chi connectivity index (χ1) is 10.6. The van der Waals surface area contributed by atoms with Gasteiger partial charge in [-0.25, -0.2) is 0 Å². The molecule has 0 aromatic heterocycles. The van der Waals surface area contributed by atoms with Gasteiger partial charge in [0.05, 0.1) is 25.7 Å². The van der Waals surface area contributed by atoms with Gasteiger partial charge in [0.1, 0.15) is 11.5 Å². The Morgan fingerprint density at radius 2 is 2.05 bits per heavy atom. The number of hydrogen-bond acceptors (Lipinski definition) is 3. The van der Waals surface area contributed by atoms with Gasteiger partial charge in [-0.1, -0.05) is 35.4 Å². The van der Waals surface area contributed by atoms with Crippen molar-refractivity contribution in [1.82, 2.24) is 0 Å². The van der Waals surface area contributed by atoms with Gasteiger partial charge in [0, 0.05) is 17.0 Å². The van der Waals surface area contributed by atoms with Crippen LogP contribution in [0, 0.1) is 18.3 Å². The molecule has 0 amide bonds. The highest BCUT2D eigenvalue weighted by Gasteiger charge is 2.16. The molecule has 4 heteroatoms. The van der Waals surface area contributed by atoms with Crippen molar-refractivity contribution in [2.24, 2.45) is 0 Å². The fourth-order valence-corrected chi connectivity index (χ4v) is 2.45. The van der Waals surface area contributed by atoms with Gasteiger partial charge in [0.15, 0.2) is 0 Å². The van der Waals surface area contributed by atoms with E-state index >= 15 is 0 Å². The minimum absolute atomic E-state index is 0.269. The summed E-state index contributed by atoms with van der Waals surface area (Å²) in [4.78, 5) is 0. The van der Waals surface area contributed by atoms with Gasteiger partial charge in [0.2, 0.25) is 0 Å². The van der Waals surface area contributed by atoms with Gasteiger partial charge in [0.25, 0.3) is 0 Å². The maximum atomic E-state index is 9.45. The van der Waals surface area contributed by atoms with Crippen molar-refractivity contribution >= 4 is 11.6 Å². The van der Waals surface area contributed by atoms with E-state index in [9.17, 15) is 5.26 Å². The molecule has 2 aromatic carbocycles. The zero-order valence-corrected chi connectivity index (χ0v) is 13.4. The Bertz CT molecular complexity index is 679. The van der Waals surface area contributed by atoms with Crippen molar-refractivity contribution in [3.8, 4) is 17.6 Å². The van der Waals surface area contributed by atoms with E-state index in [4.69, 9.17) is 21.1 Å². The van der Waals surface area contributed by atoms with Crippen molar-refractivity contribution in [3.63, 3.8) is 0 Å². The minimum Gasteiger partial charge on any atom is -0.496 e. The lowest BCUT2D eigenvalue weighted by Crippen LogP contribution is -2.06. The maximum absolute atomic E-state index is 9.45. The molecule has 0 bridgehead atoms. The van der Waals surface area contributed by atoms with Crippen LogP contribution in [-0.2, 0) is 0 Å². The average molecular weight is 316 g/mol. The van der Waals surface area contributed by atoms with Gasteiger partial charge < -0.3 is 9.47 Å². The van der Waals surface area contributed by atoms with Crippen molar-refractivity contribution in [3.05, 3.63) is 58.6 Å². The van der Waals surface area contributed by atoms with E-state index in [1.807, 2.05) is 37.3 Å². The van der Waals surface area contributed by atoms with E-state index < -0.39 is 0 Å². The quantitative estimate of drug-likeness (QED) is 0.773. The SMILES string of the molecule is COc1ccc(C)cc1C(C#N)CCOc1cccc(Cl)c1. The molecule has 0 aliphatic rings. The number of hydrogen-bond donors (Lipinski definition) is 0. The first-order valence-electron chi connectivity index (χ1n) is 7.06. The Hall–Kier alpha value is -2.18. The smallest absolute Gasteiger partial charge is 0.123 e. The lowest BCUT2D eigenvalue weighted by molar-refractivity contribution is 0.304. The Morgan fingerprint density at radius 3 is 2.73 bits per heavy atom. The summed E-state index contributed by atoms with van der Waals surface area (Å²) in [5.41, 5.74) is 2.01. The largest absolute Gasteiger partial charge is 0.496 e.